The van der Waals surface area contributed by atoms with E-state index in [1.165, 1.54) is 18.2 Å². The van der Waals surface area contributed by atoms with Crippen molar-refractivity contribution in [3.05, 3.63) is 46.8 Å². The van der Waals surface area contributed by atoms with E-state index < -0.39 is 5.82 Å². The van der Waals surface area contributed by atoms with Gasteiger partial charge in [0.05, 0.1) is 0 Å². The lowest BCUT2D eigenvalue weighted by Crippen LogP contribution is -1.82. The van der Waals surface area contributed by atoms with Crippen molar-refractivity contribution in [2.45, 2.75) is 0 Å². The Kier molecular flexibility index (Phi) is 2.38. The molecule has 1 N–H and O–H groups in total. The topological polar surface area (TPSA) is 48.4 Å². The van der Waals surface area contributed by atoms with E-state index in [-0.39, 0.29) is 11.3 Å². The molecule has 0 aliphatic heterocycles. The van der Waals surface area contributed by atoms with Crippen LogP contribution in [0.3, 0.4) is 0 Å². The number of hydrogen-bond acceptors (Lipinski definition) is 2. The highest BCUT2D eigenvalue weighted by molar-refractivity contribution is 5.58. The molecule has 0 saturated carbocycles. The van der Waals surface area contributed by atoms with Crippen LogP contribution in [-0.2, 0) is 0 Å². The normalized spacial score (nSPS) is 10.8. The molecular weight excluding hydrogens is 159 g/mol. The number of aliphatic hydroxyl groups is 1. The highest BCUT2D eigenvalue weighted by atomic mass is 19.1. The molecule has 0 amide bonds. The van der Waals surface area contributed by atoms with Crippen molar-refractivity contribution in [2.75, 3.05) is 0 Å². The minimum Gasteiger partial charge on any atom is -0.501 e. The summed E-state index contributed by atoms with van der Waals surface area (Å²) in [4.78, 5) is 2.61. The standard InChI is InChI=1S/C8H5FN2O/c9-7-3-1-2-6(4-7)8(12)5-11-10/h1-5H/p+1/b8-5+. The molecule has 0 fully saturated rings. The van der Waals surface area contributed by atoms with Gasteiger partial charge in [0, 0.05) is 5.56 Å². The molecule has 0 aliphatic carbocycles. The molecule has 1 aromatic carbocycles. The molecule has 0 radical (unpaired) electrons. The number of hydrogen-bond donors (Lipinski definition) is 1. The van der Waals surface area contributed by atoms with Crippen molar-refractivity contribution in [1.29, 1.82) is 5.39 Å². The maximum Gasteiger partial charge on any atom is 0.392 e. The van der Waals surface area contributed by atoms with Gasteiger partial charge in [-0.3, -0.25) is 0 Å². The van der Waals surface area contributed by atoms with E-state index in [4.69, 9.17) is 10.5 Å². The molecule has 0 atom stereocenters. The quantitative estimate of drug-likeness (QED) is 0.513. The first-order chi connectivity index (χ1) is 5.74. The summed E-state index contributed by atoms with van der Waals surface area (Å²) < 4.78 is 12.5. The van der Waals surface area contributed by atoms with Gasteiger partial charge in [0.2, 0.25) is 11.2 Å². The third-order valence-corrected chi connectivity index (χ3v) is 1.30. The smallest absolute Gasteiger partial charge is 0.392 e. The van der Waals surface area contributed by atoms with Gasteiger partial charge in [0.25, 0.3) is 0 Å². The Hall–Kier alpha value is -1.89. The molecule has 0 spiro atoms. The van der Waals surface area contributed by atoms with Gasteiger partial charge in [-0.25, -0.2) is 4.39 Å². The molecule has 3 nitrogen and oxygen atoms in total. The lowest BCUT2D eigenvalue weighted by atomic mass is 10.2. The summed E-state index contributed by atoms with van der Waals surface area (Å²) in [5.74, 6) is -0.734. The first-order valence-corrected chi connectivity index (χ1v) is 3.23. The zero-order chi connectivity index (χ0) is 8.97. The summed E-state index contributed by atoms with van der Waals surface area (Å²) in [7, 11) is 0. The Bertz CT molecular complexity index is 354. The molecule has 4 heteroatoms. The van der Waals surface area contributed by atoms with E-state index in [1.54, 1.807) is 0 Å². The first-order valence-electron chi connectivity index (χ1n) is 3.23. The Morgan fingerprint density at radius 1 is 1.58 bits per heavy atom. The maximum absolute atomic E-state index is 12.5. The summed E-state index contributed by atoms with van der Waals surface area (Å²) in [5, 5.41) is 17.1. The second kappa shape index (κ2) is 3.49. The molecule has 0 aliphatic rings. The van der Waals surface area contributed by atoms with Gasteiger partial charge < -0.3 is 5.11 Å². The van der Waals surface area contributed by atoms with Crippen LogP contribution in [0.15, 0.2) is 30.5 Å². The van der Waals surface area contributed by atoms with Crippen LogP contribution >= 0.6 is 0 Å². The third-order valence-electron chi connectivity index (χ3n) is 1.30. The maximum atomic E-state index is 12.5. The summed E-state index contributed by atoms with van der Waals surface area (Å²) in [6, 6.07) is 5.34. The summed E-state index contributed by atoms with van der Waals surface area (Å²) >= 11 is 0. The van der Waals surface area contributed by atoms with Crippen LogP contribution in [0.4, 0.5) is 4.39 Å². The molecule has 1 rings (SSSR count). The highest BCUT2D eigenvalue weighted by Crippen LogP contribution is 2.12. The van der Waals surface area contributed by atoms with Gasteiger partial charge in [0.1, 0.15) is 5.82 Å². The number of halogens is 1. The van der Waals surface area contributed by atoms with Crippen LogP contribution in [0.5, 0.6) is 0 Å². The molecule has 0 heterocycles. The average Bonchev–Trinajstić information content (AvgIpc) is 2.05. The number of nitrogens with zero attached hydrogens (tertiary/aromatic N) is 2. The predicted octanol–water partition coefficient (Wildman–Crippen LogP) is 2.54. The fourth-order valence-electron chi connectivity index (χ4n) is 0.777. The van der Waals surface area contributed by atoms with Crippen molar-refractivity contribution in [2.24, 2.45) is 0 Å². The number of rotatable bonds is 1. The third kappa shape index (κ3) is 1.80. The van der Waals surface area contributed by atoms with Crippen LogP contribution in [0.2, 0.25) is 0 Å². The van der Waals surface area contributed by atoms with Crippen molar-refractivity contribution in [3.63, 3.8) is 0 Å². The van der Waals surface area contributed by atoms with Crippen LogP contribution in [0, 0.1) is 11.2 Å². The van der Waals surface area contributed by atoms with Gasteiger partial charge in [-0.2, -0.15) is 0 Å². The highest BCUT2D eigenvalue weighted by Gasteiger charge is 2.03. The second-order valence-corrected chi connectivity index (χ2v) is 2.14. The van der Waals surface area contributed by atoms with Gasteiger partial charge in [-0.15, -0.1) is 0 Å². The van der Waals surface area contributed by atoms with Crippen LogP contribution in [0.1, 0.15) is 5.56 Å². The summed E-state index contributed by atoms with van der Waals surface area (Å²) in [6.45, 7) is 0. The van der Waals surface area contributed by atoms with Crippen molar-refractivity contribution < 1.29 is 9.50 Å². The SMILES string of the molecule is N#[N+]/C=C(/O)c1cccc(F)c1. The molecule has 0 saturated heterocycles. The Balaban J connectivity index is 3.05. The summed E-state index contributed by atoms with van der Waals surface area (Å²) in [5.41, 5.74) is 0.271. The largest absolute Gasteiger partial charge is 0.501 e. The van der Waals surface area contributed by atoms with Crippen LogP contribution in [-0.4, -0.2) is 5.11 Å². The fourth-order valence-corrected chi connectivity index (χ4v) is 0.777. The fraction of sp³-hybridized carbons (Fsp3) is 0. The van der Waals surface area contributed by atoms with E-state index in [1.807, 2.05) is 0 Å². The zero-order valence-corrected chi connectivity index (χ0v) is 6.11. The van der Waals surface area contributed by atoms with Gasteiger partial charge in [0.15, 0.2) is 4.98 Å². The average molecular weight is 165 g/mol. The minimum atomic E-state index is -0.453. The monoisotopic (exact) mass is 165 g/mol. The number of aliphatic hydroxyl groups excluding tert-OH is 1. The minimum absolute atomic E-state index is 0.271. The van der Waals surface area contributed by atoms with Crippen molar-refractivity contribution in [1.82, 2.24) is 0 Å². The molecule has 0 unspecified atom stereocenters. The van der Waals surface area contributed by atoms with E-state index in [9.17, 15) is 4.39 Å². The van der Waals surface area contributed by atoms with E-state index in [0.717, 1.165) is 12.3 Å². The first kappa shape index (κ1) is 8.21. The van der Waals surface area contributed by atoms with Crippen molar-refractivity contribution in [3.8, 4) is 0 Å². The Morgan fingerprint density at radius 3 is 2.92 bits per heavy atom. The van der Waals surface area contributed by atoms with Gasteiger partial charge in [-0.1, -0.05) is 12.1 Å². The van der Waals surface area contributed by atoms with Crippen LogP contribution in [0.25, 0.3) is 10.7 Å². The zero-order valence-electron chi connectivity index (χ0n) is 6.11. The van der Waals surface area contributed by atoms with E-state index >= 15 is 0 Å². The van der Waals surface area contributed by atoms with Gasteiger partial charge in [-0.05, 0) is 12.1 Å². The van der Waals surface area contributed by atoms with E-state index in [0.29, 0.717) is 0 Å². The van der Waals surface area contributed by atoms with Gasteiger partial charge >= 0.3 is 6.20 Å². The molecule has 12 heavy (non-hydrogen) atoms. The summed E-state index contributed by atoms with van der Waals surface area (Å²) in [6.07, 6.45) is 0.828. The second-order valence-electron chi connectivity index (χ2n) is 2.14. The predicted molar refractivity (Wildman–Crippen MR) is 42.1 cm³/mol. The van der Waals surface area contributed by atoms with Crippen molar-refractivity contribution >= 4 is 5.76 Å². The molecule has 0 bridgehead atoms. The number of benzene rings is 1. The Labute approximate surface area is 68.4 Å². The molecular formula is C8H6FN2O+. The van der Waals surface area contributed by atoms with E-state index in [2.05, 4.69) is 4.98 Å². The lowest BCUT2D eigenvalue weighted by molar-refractivity contribution is 0.510. The number of diazo groups is 1. The molecule has 1 aromatic rings. The lowest BCUT2D eigenvalue weighted by Gasteiger charge is -1.93. The Morgan fingerprint density at radius 2 is 2.33 bits per heavy atom. The van der Waals surface area contributed by atoms with Crippen LogP contribution < -0.4 is 0 Å². The molecule has 0 aromatic heterocycles. The molecule has 60 valence electrons.